The van der Waals surface area contributed by atoms with Crippen molar-refractivity contribution in [3.63, 3.8) is 0 Å². The maximum Gasteiger partial charge on any atom is 0.216 e. The van der Waals surface area contributed by atoms with Crippen molar-refractivity contribution in [1.82, 2.24) is 19.6 Å². The quantitative estimate of drug-likeness (QED) is 0.904. The van der Waals surface area contributed by atoms with Crippen molar-refractivity contribution in [3.8, 4) is 0 Å². The van der Waals surface area contributed by atoms with Crippen molar-refractivity contribution in [2.45, 2.75) is 33.9 Å². The van der Waals surface area contributed by atoms with Crippen LogP contribution in [0.1, 0.15) is 23.9 Å². The van der Waals surface area contributed by atoms with Gasteiger partial charge in [0, 0.05) is 25.7 Å². The van der Waals surface area contributed by atoms with Gasteiger partial charge in [-0.15, -0.1) is 0 Å². The number of anilines is 1. The van der Waals surface area contributed by atoms with Gasteiger partial charge in [-0.05, 0) is 20.8 Å². The molecule has 0 fully saturated rings. The number of hydrogen-bond donors (Lipinski definition) is 1. The van der Waals surface area contributed by atoms with Crippen molar-refractivity contribution in [1.29, 1.82) is 0 Å². The molecule has 0 saturated heterocycles. The predicted octanol–water partition coefficient (Wildman–Crippen LogP) is 2.00. The minimum atomic E-state index is -0.260. The highest BCUT2D eigenvalue weighted by Gasteiger charge is 2.14. The maximum absolute atomic E-state index is 13.9. The van der Waals surface area contributed by atoms with Gasteiger partial charge in [0.1, 0.15) is 0 Å². The van der Waals surface area contributed by atoms with Gasteiger partial charge in [0.05, 0.1) is 23.3 Å². The smallest absolute Gasteiger partial charge is 0.216 e. The molecule has 0 atom stereocenters. The number of hydrogen-bond acceptors (Lipinski definition) is 3. The van der Waals surface area contributed by atoms with E-state index in [1.54, 1.807) is 10.9 Å². The van der Waals surface area contributed by atoms with Crippen LogP contribution in [0.5, 0.6) is 0 Å². The Kier molecular flexibility index (Phi) is 3.36. The summed E-state index contributed by atoms with van der Waals surface area (Å²) in [7, 11) is 1.88. The molecule has 2 aromatic heterocycles. The van der Waals surface area contributed by atoms with Crippen molar-refractivity contribution in [2.75, 3.05) is 5.32 Å². The average molecular weight is 251 g/mol. The van der Waals surface area contributed by atoms with Crippen LogP contribution in [-0.2, 0) is 20.1 Å². The lowest BCUT2D eigenvalue weighted by molar-refractivity contribution is 0.464. The second kappa shape index (κ2) is 4.80. The molecule has 0 aliphatic carbocycles. The first kappa shape index (κ1) is 12.6. The summed E-state index contributed by atoms with van der Waals surface area (Å²) in [6.07, 6.45) is 1.74. The lowest BCUT2D eigenvalue weighted by Crippen LogP contribution is -2.05. The van der Waals surface area contributed by atoms with Gasteiger partial charge in [-0.25, -0.2) is 4.68 Å². The van der Waals surface area contributed by atoms with Gasteiger partial charge in [0.25, 0.3) is 0 Å². The van der Waals surface area contributed by atoms with Crippen molar-refractivity contribution in [2.24, 2.45) is 7.05 Å². The second-order valence-electron chi connectivity index (χ2n) is 4.29. The van der Waals surface area contributed by atoms with E-state index in [-0.39, 0.29) is 5.95 Å². The molecular weight excluding hydrogens is 233 g/mol. The van der Waals surface area contributed by atoms with Crippen LogP contribution in [-0.4, -0.2) is 19.6 Å². The monoisotopic (exact) mass is 251 g/mol. The molecule has 0 aromatic carbocycles. The van der Waals surface area contributed by atoms with Gasteiger partial charge in [0.15, 0.2) is 0 Å². The highest BCUT2D eigenvalue weighted by atomic mass is 19.1. The highest BCUT2D eigenvalue weighted by Crippen LogP contribution is 2.17. The molecular formula is C12H18FN5. The summed E-state index contributed by atoms with van der Waals surface area (Å²) in [6, 6.07) is 0. The van der Waals surface area contributed by atoms with Crippen LogP contribution >= 0.6 is 0 Å². The van der Waals surface area contributed by atoms with Crippen LogP contribution in [0.3, 0.4) is 0 Å². The van der Waals surface area contributed by atoms with Crippen LogP contribution in [0.4, 0.5) is 10.1 Å². The molecule has 0 aliphatic rings. The number of nitrogens with one attached hydrogen (secondary N) is 1. The fourth-order valence-corrected chi connectivity index (χ4v) is 1.86. The van der Waals surface area contributed by atoms with Crippen molar-refractivity contribution >= 4 is 5.69 Å². The second-order valence-corrected chi connectivity index (χ2v) is 4.29. The molecule has 2 aromatic rings. The van der Waals surface area contributed by atoms with Gasteiger partial charge in [-0.2, -0.15) is 14.6 Å². The van der Waals surface area contributed by atoms with Gasteiger partial charge < -0.3 is 5.32 Å². The molecule has 5 nitrogen and oxygen atoms in total. The van der Waals surface area contributed by atoms with E-state index in [9.17, 15) is 4.39 Å². The summed E-state index contributed by atoms with van der Waals surface area (Å²) in [4.78, 5) is 0. The summed E-state index contributed by atoms with van der Waals surface area (Å²) in [5.74, 6) is -0.260. The first-order valence-corrected chi connectivity index (χ1v) is 5.98. The Labute approximate surface area is 106 Å². The topological polar surface area (TPSA) is 47.7 Å². The number of halogens is 1. The van der Waals surface area contributed by atoms with E-state index >= 15 is 0 Å². The number of aryl methyl sites for hydroxylation is 3. The predicted molar refractivity (Wildman–Crippen MR) is 67.9 cm³/mol. The standard InChI is InChI=1S/C12H18FN5/c1-5-18-12(13)10(8(2)16-18)6-14-11-7-15-17(4)9(11)3/h7,14H,5-6H2,1-4H3. The highest BCUT2D eigenvalue weighted by molar-refractivity contribution is 5.46. The molecule has 18 heavy (non-hydrogen) atoms. The number of aromatic nitrogens is 4. The Morgan fingerprint density at radius 3 is 2.61 bits per heavy atom. The van der Waals surface area contributed by atoms with E-state index in [4.69, 9.17) is 0 Å². The van der Waals surface area contributed by atoms with Gasteiger partial charge in [-0.3, -0.25) is 4.68 Å². The molecule has 0 aliphatic heterocycles. The fraction of sp³-hybridized carbons (Fsp3) is 0.500. The number of nitrogens with zero attached hydrogens (tertiary/aromatic N) is 4. The van der Waals surface area contributed by atoms with E-state index in [0.717, 1.165) is 17.1 Å². The van der Waals surface area contributed by atoms with Gasteiger partial charge in [-0.1, -0.05) is 0 Å². The molecule has 0 amide bonds. The molecule has 0 spiro atoms. The van der Waals surface area contributed by atoms with E-state index < -0.39 is 0 Å². The zero-order chi connectivity index (χ0) is 13.3. The minimum absolute atomic E-state index is 0.260. The van der Waals surface area contributed by atoms with E-state index in [2.05, 4.69) is 15.5 Å². The Hall–Kier alpha value is -1.85. The molecule has 2 rings (SSSR count). The Morgan fingerprint density at radius 1 is 1.39 bits per heavy atom. The Morgan fingerprint density at radius 2 is 2.11 bits per heavy atom. The molecule has 0 radical (unpaired) electrons. The summed E-state index contributed by atoms with van der Waals surface area (Å²) >= 11 is 0. The molecule has 0 unspecified atom stereocenters. The third-order valence-electron chi connectivity index (χ3n) is 3.17. The van der Waals surface area contributed by atoms with Crippen molar-refractivity contribution in [3.05, 3.63) is 29.1 Å². The third-order valence-corrected chi connectivity index (χ3v) is 3.17. The summed E-state index contributed by atoms with van der Waals surface area (Å²) in [5.41, 5.74) is 3.28. The Bertz CT molecular complexity index is 555. The minimum Gasteiger partial charge on any atom is -0.378 e. The van der Waals surface area contributed by atoms with Crippen LogP contribution in [0.25, 0.3) is 0 Å². The summed E-state index contributed by atoms with van der Waals surface area (Å²) < 4.78 is 17.1. The van der Waals surface area contributed by atoms with Crippen LogP contribution in [0.2, 0.25) is 0 Å². The Balaban J connectivity index is 2.15. The zero-order valence-electron chi connectivity index (χ0n) is 11.2. The molecule has 98 valence electrons. The molecule has 0 saturated carbocycles. The lowest BCUT2D eigenvalue weighted by atomic mass is 10.2. The first-order chi connectivity index (χ1) is 8.54. The van der Waals surface area contributed by atoms with Crippen LogP contribution in [0.15, 0.2) is 6.20 Å². The van der Waals surface area contributed by atoms with Crippen LogP contribution < -0.4 is 5.32 Å². The fourth-order valence-electron chi connectivity index (χ4n) is 1.86. The van der Waals surface area contributed by atoms with E-state index in [1.165, 1.54) is 4.68 Å². The average Bonchev–Trinajstić information content (AvgIpc) is 2.80. The van der Waals surface area contributed by atoms with Gasteiger partial charge >= 0.3 is 0 Å². The zero-order valence-corrected chi connectivity index (χ0v) is 11.2. The first-order valence-electron chi connectivity index (χ1n) is 5.98. The van der Waals surface area contributed by atoms with E-state index in [1.807, 2.05) is 27.8 Å². The largest absolute Gasteiger partial charge is 0.378 e. The molecule has 6 heteroatoms. The maximum atomic E-state index is 13.9. The molecule has 0 bridgehead atoms. The van der Waals surface area contributed by atoms with Crippen LogP contribution in [0, 0.1) is 19.8 Å². The molecule has 2 heterocycles. The van der Waals surface area contributed by atoms with Gasteiger partial charge in [0.2, 0.25) is 5.95 Å². The normalized spacial score (nSPS) is 10.9. The van der Waals surface area contributed by atoms with E-state index in [0.29, 0.717) is 18.7 Å². The summed E-state index contributed by atoms with van der Waals surface area (Å²) in [5, 5.41) is 11.5. The SMILES string of the molecule is CCn1nc(C)c(CNc2cnn(C)c2C)c1F. The third kappa shape index (κ3) is 2.10. The molecule has 1 N–H and O–H groups in total. The number of rotatable bonds is 4. The summed E-state index contributed by atoms with van der Waals surface area (Å²) in [6.45, 7) is 6.62. The van der Waals surface area contributed by atoms with Crippen molar-refractivity contribution < 1.29 is 4.39 Å². The lowest BCUT2D eigenvalue weighted by Gasteiger charge is -2.05.